The third-order valence-electron chi connectivity index (χ3n) is 3.81. The molecular weight excluding hydrogens is 413 g/mol. The summed E-state index contributed by atoms with van der Waals surface area (Å²) in [5.74, 6) is -0.626. The van der Waals surface area contributed by atoms with Gasteiger partial charge in [0.1, 0.15) is 11.5 Å². The summed E-state index contributed by atoms with van der Waals surface area (Å²) in [6.45, 7) is 2.06. The molecule has 1 aromatic heterocycles. The van der Waals surface area contributed by atoms with E-state index >= 15 is 0 Å². The van der Waals surface area contributed by atoms with Gasteiger partial charge in [0.05, 0.1) is 18.4 Å². The summed E-state index contributed by atoms with van der Waals surface area (Å²) >= 11 is 11.7. The zero-order chi connectivity index (χ0) is 20.8. The van der Waals surface area contributed by atoms with E-state index in [1.807, 2.05) is 31.2 Å². The van der Waals surface area contributed by atoms with E-state index in [2.05, 4.69) is 15.6 Å². The normalized spacial score (nSPS) is 10.9. The summed E-state index contributed by atoms with van der Waals surface area (Å²) in [5, 5.41) is 5.62. The number of aliphatic imine (C=N–C) groups is 1. The topological polar surface area (TPSA) is 83.7 Å². The van der Waals surface area contributed by atoms with Gasteiger partial charge < -0.3 is 15.1 Å². The lowest BCUT2D eigenvalue weighted by molar-refractivity contribution is -0.136. The van der Waals surface area contributed by atoms with Gasteiger partial charge in [-0.1, -0.05) is 40.9 Å². The summed E-state index contributed by atoms with van der Waals surface area (Å²) < 4.78 is 5.58. The zero-order valence-corrected chi connectivity index (χ0v) is 16.9. The molecule has 0 radical (unpaired) electrons. The van der Waals surface area contributed by atoms with Crippen LogP contribution in [0.25, 0.3) is 0 Å². The molecule has 0 aliphatic rings. The number of benzene rings is 2. The number of amides is 2. The van der Waals surface area contributed by atoms with Gasteiger partial charge in [-0.3, -0.25) is 14.6 Å². The lowest BCUT2D eigenvalue weighted by Crippen LogP contribution is -2.34. The highest BCUT2D eigenvalue weighted by molar-refractivity contribution is 6.40. The first-order chi connectivity index (χ1) is 13.9. The van der Waals surface area contributed by atoms with Crippen LogP contribution in [0, 0.1) is 6.92 Å². The van der Waals surface area contributed by atoms with Gasteiger partial charge in [-0.2, -0.15) is 0 Å². The highest BCUT2D eigenvalue weighted by Crippen LogP contribution is 2.22. The Morgan fingerprint density at radius 1 is 1.00 bits per heavy atom. The molecule has 0 unspecified atom stereocenters. The molecule has 2 N–H and O–H groups in total. The molecule has 3 aromatic rings. The number of nitrogens with one attached hydrogen (secondary N) is 2. The lowest BCUT2D eigenvalue weighted by Gasteiger charge is -2.06. The largest absolute Gasteiger partial charge is 0.458 e. The number of halogens is 2. The average molecular weight is 430 g/mol. The van der Waals surface area contributed by atoms with Crippen molar-refractivity contribution in [1.82, 2.24) is 5.32 Å². The van der Waals surface area contributed by atoms with Crippen LogP contribution in [0.2, 0.25) is 10.0 Å². The van der Waals surface area contributed by atoms with Gasteiger partial charge in [-0.15, -0.1) is 0 Å². The lowest BCUT2D eigenvalue weighted by atomic mass is 10.2. The molecule has 8 heteroatoms. The van der Waals surface area contributed by atoms with Gasteiger partial charge in [0.15, 0.2) is 0 Å². The smallest absolute Gasteiger partial charge is 0.313 e. The molecule has 0 saturated heterocycles. The van der Waals surface area contributed by atoms with Crippen LogP contribution in [-0.2, 0) is 16.1 Å². The molecule has 0 spiro atoms. The fourth-order valence-corrected chi connectivity index (χ4v) is 2.92. The van der Waals surface area contributed by atoms with E-state index in [0.29, 0.717) is 27.3 Å². The summed E-state index contributed by atoms with van der Waals surface area (Å²) in [6.07, 6.45) is 1.59. The fraction of sp³-hybridized carbons (Fsp3) is 0.0952. The number of hydrogen-bond acceptors (Lipinski definition) is 4. The molecule has 29 heavy (non-hydrogen) atoms. The molecule has 0 bridgehead atoms. The van der Waals surface area contributed by atoms with Crippen LogP contribution in [0.15, 0.2) is 64.0 Å². The molecule has 2 aromatic carbocycles. The maximum Gasteiger partial charge on any atom is 0.313 e. The molecular formula is C21H17Cl2N3O3. The van der Waals surface area contributed by atoms with E-state index in [9.17, 15) is 9.59 Å². The molecule has 6 nitrogen and oxygen atoms in total. The van der Waals surface area contributed by atoms with Crippen molar-refractivity contribution in [2.75, 3.05) is 5.32 Å². The van der Waals surface area contributed by atoms with Gasteiger partial charge in [0.25, 0.3) is 0 Å². The second kappa shape index (κ2) is 9.41. The number of hydrogen-bond donors (Lipinski definition) is 2. The summed E-state index contributed by atoms with van der Waals surface area (Å²) in [4.78, 5) is 28.3. The minimum atomic E-state index is -0.837. The first-order valence-electron chi connectivity index (χ1n) is 8.64. The van der Waals surface area contributed by atoms with Crippen LogP contribution >= 0.6 is 23.2 Å². The van der Waals surface area contributed by atoms with Crippen LogP contribution in [0.3, 0.4) is 0 Å². The van der Waals surface area contributed by atoms with E-state index < -0.39 is 11.8 Å². The quantitative estimate of drug-likeness (QED) is 0.446. The standard InChI is InChI=1S/C21H17Cl2N3O3/c1-13-2-4-16(5-3-13)24-11-18-6-7-19(29-18)12-25-20(27)21(28)26-17-9-14(22)8-15(23)10-17/h2-11H,12H2,1H3,(H,25,27)(H,26,28). The summed E-state index contributed by atoms with van der Waals surface area (Å²) in [5.41, 5.74) is 2.29. The van der Waals surface area contributed by atoms with Crippen LogP contribution in [-0.4, -0.2) is 18.0 Å². The first-order valence-corrected chi connectivity index (χ1v) is 9.39. The van der Waals surface area contributed by atoms with E-state index in [0.717, 1.165) is 11.3 Å². The number of furan rings is 1. The number of anilines is 1. The maximum atomic E-state index is 12.0. The van der Waals surface area contributed by atoms with Gasteiger partial charge in [-0.05, 0) is 49.4 Å². The van der Waals surface area contributed by atoms with E-state index in [1.54, 1.807) is 18.3 Å². The van der Waals surface area contributed by atoms with Gasteiger partial charge in [-0.25, -0.2) is 0 Å². The molecule has 1 heterocycles. The van der Waals surface area contributed by atoms with E-state index in [4.69, 9.17) is 27.6 Å². The van der Waals surface area contributed by atoms with Crippen LogP contribution in [0.5, 0.6) is 0 Å². The number of carbonyl (C=O) groups is 2. The monoisotopic (exact) mass is 429 g/mol. The van der Waals surface area contributed by atoms with Crippen molar-refractivity contribution >= 4 is 52.6 Å². The van der Waals surface area contributed by atoms with Gasteiger partial charge >= 0.3 is 11.8 Å². The van der Waals surface area contributed by atoms with E-state index in [-0.39, 0.29) is 6.54 Å². The third-order valence-corrected chi connectivity index (χ3v) is 4.24. The molecule has 148 valence electrons. The number of carbonyl (C=O) groups excluding carboxylic acids is 2. The van der Waals surface area contributed by atoms with Crippen LogP contribution in [0.4, 0.5) is 11.4 Å². The van der Waals surface area contributed by atoms with Crippen molar-refractivity contribution in [2.45, 2.75) is 13.5 Å². The first kappa shape index (κ1) is 20.6. The van der Waals surface area contributed by atoms with Crippen LogP contribution in [0.1, 0.15) is 17.1 Å². The SMILES string of the molecule is Cc1ccc(N=Cc2ccc(CNC(=O)C(=O)Nc3cc(Cl)cc(Cl)c3)o2)cc1. The summed E-state index contributed by atoms with van der Waals surface area (Å²) in [6, 6.07) is 15.7. The average Bonchev–Trinajstić information content (AvgIpc) is 3.12. The van der Waals surface area contributed by atoms with Crippen molar-refractivity contribution < 1.29 is 14.0 Å². The molecule has 3 rings (SSSR count). The number of nitrogens with zero attached hydrogens (tertiary/aromatic N) is 1. The Hall–Kier alpha value is -3.09. The minimum absolute atomic E-state index is 0.0565. The van der Waals surface area contributed by atoms with Crippen molar-refractivity contribution in [2.24, 2.45) is 4.99 Å². The van der Waals surface area contributed by atoms with Crippen molar-refractivity contribution in [3.05, 3.63) is 81.7 Å². The zero-order valence-electron chi connectivity index (χ0n) is 15.4. The predicted octanol–water partition coefficient (Wildman–Crippen LogP) is 4.90. The maximum absolute atomic E-state index is 12.0. The van der Waals surface area contributed by atoms with E-state index in [1.165, 1.54) is 18.2 Å². The number of aryl methyl sites for hydroxylation is 1. The van der Waals surface area contributed by atoms with Crippen molar-refractivity contribution in [3.8, 4) is 0 Å². The molecule has 0 atom stereocenters. The fourth-order valence-electron chi connectivity index (χ4n) is 2.39. The Balaban J connectivity index is 1.52. The molecule has 0 saturated carbocycles. The van der Waals surface area contributed by atoms with Gasteiger partial charge in [0.2, 0.25) is 0 Å². The summed E-state index contributed by atoms with van der Waals surface area (Å²) in [7, 11) is 0. The second-order valence-electron chi connectivity index (χ2n) is 6.19. The Bertz CT molecular complexity index is 1040. The Morgan fingerprint density at radius 3 is 2.38 bits per heavy atom. The highest BCUT2D eigenvalue weighted by atomic mass is 35.5. The highest BCUT2D eigenvalue weighted by Gasteiger charge is 2.14. The number of rotatable bonds is 5. The van der Waals surface area contributed by atoms with Crippen molar-refractivity contribution in [3.63, 3.8) is 0 Å². The third kappa shape index (κ3) is 6.20. The van der Waals surface area contributed by atoms with Crippen LogP contribution < -0.4 is 10.6 Å². The minimum Gasteiger partial charge on any atom is -0.458 e. The Kier molecular flexibility index (Phi) is 6.69. The Morgan fingerprint density at radius 2 is 1.69 bits per heavy atom. The Labute approximate surface area is 177 Å². The predicted molar refractivity (Wildman–Crippen MR) is 114 cm³/mol. The molecule has 0 aliphatic heterocycles. The molecule has 2 amide bonds. The molecule has 0 aliphatic carbocycles. The van der Waals surface area contributed by atoms with Gasteiger partial charge in [0, 0.05) is 15.7 Å². The molecule has 0 fully saturated rings. The van der Waals surface area contributed by atoms with Crippen molar-refractivity contribution in [1.29, 1.82) is 0 Å². The second-order valence-corrected chi connectivity index (χ2v) is 7.07.